The van der Waals surface area contributed by atoms with Gasteiger partial charge in [-0.2, -0.15) is 4.37 Å². The molecule has 1 unspecified atom stereocenters. The number of aromatic nitrogens is 1. The van der Waals surface area contributed by atoms with Crippen LogP contribution in [-0.4, -0.2) is 60.6 Å². The molecule has 1 aromatic heterocycles. The van der Waals surface area contributed by atoms with E-state index in [1.165, 1.54) is 13.3 Å². The normalized spacial score (nSPS) is 15.8. The van der Waals surface area contributed by atoms with Gasteiger partial charge in [-0.1, -0.05) is 0 Å². The fourth-order valence-electron chi connectivity index (χ4n) is 3.98. The molecule has 0 aliphatic carbocycles. The van der Waals surface area contributed by atoms with Crippen LogP contribution in [0.15, 0.2) is 12.1 Å². The van der Waals surface area contributed by atoms with Crippen molar-refractivity contribution < 1.29 is 27.8 Å². The molecule has 0 radical (unpaired) electrons. The van der Waals surface area contributed by atoms with Gasteiger partial charge < -0.3 is 20.5 Å². The van der Waals surface area contributed by atoms with E-state index in [4.69, 9.17) is 15.2 Å². The number of ether oxygens (including phenoxy) is 2. The molecule has 1 aromatic carbocycles. The van der Waals surface area contributed by atoms with E-state index >= 15 is 0 Å². The number of amides is 3. The van der Waals surface area contributed by atoms with Gasteiger partial charge in [-0.3, -0.25) is 15.0 Å². The molecule has 2 heterocycles. The molecule has 192 valence electrons. The number of halogens is 2. The summed E-state index contributed by atoms with van der Waals surface area (Å²) in [4.78, 5) is 26.7. The molecule has 1 atom stereocenters. The Morgan fingerprint density at radius 1 is 1.29 bits per heavy atom. The van der Waals surface area contributed by atoms with E-state index < -0.39 is 23.6 Å². The minimum Gasteiger partial charge on any atom is -0.471 e. The van der Waals surface area contributed by atoms with Crippen LogP contribution in [0, 0.1) is 18.6 Å². The van der Waals surface area contributed by atoms with Crippen molar-refractivity contribution in [1.82, 2.24) is 14.6 Å². The van der Waals surface area contributed by atoms with Gasteiger partial charge in [0.2, 0.25) is 5.88 Å². The zero-order chi connectivity index (χ0) is 25.4. The summed E-state index contributed by atoms with van der Waals surface area (Å²) < 4.78 is 42.5. The molecule has 12 heteroatoms. The van der Waals surface area contributed by atoms with Crippen LogP contribution in [0.4, 0.5) is 18.6 Å². The highest BCUT2D eigenvalue weighted by atomic mass is 32.1. The number of anilines is 1. The molecule has 3 amide bonds. The molecule has 1 aliphatic rings. The summed E-state index contributed by atoms with van der Waals surface area (Å²) in [5, 5.41) is 5.42. The highest BCUT2D eigenvalue weighted by Crippen LogP contribution is 2.31. The Labute approximate surface area is 207 Å². The van der Waals surface area contributed by atoms with Crippen LogP contribution in [0.1, 0.15) is 47.2 Å². The van der Waals surface area contributed by atoms with Crippen molar-refractivity contribution in [2.75, 3.05) is 38.7 Å². The first kappa shape index (κ1) is 26.8. The zero-order valence-electron chi connectivity index (χ0n) is 19.9. The van der Waals surface area contributed by atoms with E-state index in [0.717, 1.165) is 62.6 Å². The van der Waals surface area contributed by atoms with Gasteiger partial charge in [0.25, 0.3) is 5.91 Å². The Balaban J connectivity index is 1.48. The van der Waals surface area contributed by atoms with Crippen LogP contribution in [0.25, 0.3) is 0 Å². The van der Waals surface area contributed by atoms with Crippen LogP contribution in [0.5, 0.6) is 5.88 Å². The van der Waals surface area contributed by atoms with E-state index in [2.05, 4.69) is 19.9 Å². The van der Waals surface area contributed by atoms with E-state index in [-0.39, 0.29) is 34.2 Å². The molecule has 2 aromatic rings. The topological polar surface area (TPSA) is 119 Å². The molecule has 35 heavy (non-hydrogen) atoms. The maximum absolute atomic E-state index is 14.1. The number of methoxy groups -OCH3 is 1. The largest absolute Gasteiger partial charge is 0.471 e. The van der Waals surface area contributed by atoms with Crippen molar-refractivity contribution in [2.24, 2.45) is 5.73 Å². The number of unbranched alkanes of at least 4 members (excludes halogenated alkanes) is 1. The summed E-state index contributed by atoms with van der Waals surface area (Å²) in [5.41, 5.74) is 5.44. The number of benzene rings is 1. The van der Waals surface area contributed by atoms with Crippen molar-refractivity contribution in [3.8, 4) is 5.88 Å². The number of carbonyl (C=O) groups is 2. The number of urea groups is 1. The summed E-state index contributed by atoms with van der Waals surface area (Å²) in [6.07, 6.45) is 4.05. The molecule has 1 aliphatic heterocycles. The zero-order valence-corrected chi connectivity index (χ0v) is 20.7. The number of nitrogens with one attached hydrogen (secondary N) is 2. The highest BCUT2D eigenvalue weighted by Gasteiger charge is 2.24. The standard InChI is InChI=1S/C23H31F2N5O4S/c1-14-10-18(25)15(11-17(14)24)12-34-21-19(20(26)31)22(35-29-21)28-23(32)27-7-3-4-8-30-9-5-6-16(30)13-33-2/h10-11,16H,3-9,12-13H2,1-2H3,(H2,26,31)(H2,27,28,32). The lowest BCUT2D eigenvalue weighted by molar-refractivity contribution is 0.0996. The number of nitrogens with two attached hydrogens (primary N) is 1. The van der Waals surface area contributed by atoms with Crippen LogP contribution in [-0.2, 0) is 11.3 Å². The predicted molar refractivity (Wildman–Crippen MR) is 129 cm³/mol. The third kappa shape index (κ3) is 7.33. The smallest absolute Gasteiger partial charge is 0.319 e. The number of rotatable bonds is 12. The molecule has 1 saturated heterocycles. The molecule has 3 rings (SSSR count). The Bertz CT molecular complexity index is 1040. The Hall–Kier alpha value is -2.83. The van der Waals surface area contributed by atoms with Gasteiger partial charge in [-0.25, -0.2) is 13.6 Å². The summed E-state index contributed by atoms with van der Waals surface area (Å²) >= 11 is 0.809. The lowest BCUT2D eigenvalue weighted by Gasteiger charge is -2.23. The average Bonchev–Trinajstić information content (AvgIpc) is 3.42. The summed E-state index contributed by atoms with van der Waals surface area (Å²) in [7, 11) is 1.71. The fourth-order valence-corrected chi connectivity index (χ4v) is 4.72. The highest BCUT2D eigenvalue weighted by molar-refractivity contribution is 7.11. The van der Waals surface area contributed by atoms with Crippen molar-refractivity contribution in [1.29, 1.82) is 0 Å². The molecular formula is C23H31F2N5O4S. The van der Waals surface area contributed by atoms with Crippen molar-refractivity contribution in [3.63, 3.8) is 0 Å². The number of hydrogen-bond donors (Lipinski definition) is 3. The lowest BCUT2D eigenvalue weighted by atomic mass is 10.1. The third-order valence-corrected chi connectivity index (χ3v) is 6.59. The second kappa shape index (κ2) is 12.8. The molecule has 0 spiro atoms. The minimum absolute atomic E-state index is 0.0359. The number of hydrogen-bond acceptors (Lipinski definition) is 7. The van der Waals surface area contributed by atoms with Gasteiger partial charge in [0, 0.05) is 25.3 Å². The number of carbonyl (C=O) groups excluding carboxylic acids is 2. The summed E-state index contributed by atoms with van der Waals surface area (Å²) in [6.45, 7) is 4.30. The lowest BCUT2D eigenvalue weighted by Crippen LogP contribution is -2.34. The summed E-state index contributed by atoms with van der Waals surface area (Å²) in [5.74, 6) is -2.24. The van der Waals surface area contributed by atoms with E-state index in [9.17, 15) is 18.4 Å². The average molecular weight is 512 g/mol. The van der Waals surface area contributed by atoms with Gasteiger partial charge >= 0.3 is 6.03 Å². The monoisotopic (exact) mass is 511 g/mol. The van der Waals surface area contributed by atoms with Gasteiger partial charge in [-0.05, 0) is 74.9 Å². The summed E-state index contributed by atoms with van der Waals surface area (Å²) in [6, 6.07) is 2.04. The number of aryl methyl sites for hydroxylation is 1. The number of nitrogens with zero attached hydrogens (tertiary/aromatic N) is 2. The van der Waals surface area contributed by atoms with Crippen molar-refractivity contribution in [2.45, 2.75) is 45.3 Å². The quantitative estimate of drug-likeness (QED) is 0.376. The Kier molecular flexibility index (Phi) is 9.75. The number of likely N-dealkylation sites (tertiary alicyclic amines) is 1. The molecule has 0 saturated carbocycles. The molecule has 4 N–H and O–H groups in total. The number of primary amides is 1. The van der Waals surface area contributed by atoms with Crippen LogP contribution >= 0.6 is 11.5 Å². The molecule has 1 fully saturated rings. The second-order valence-electron chi connectivity index (χ2n) is 8.41. The molecule has 9 nitrogen and oxygen atoms in total. The van der Waals surface area contributed by atoms with E-state index in [1.807, 2.05) is 0 Å². The van der Waals surface area contributed by atoms with Gasteiger partial charge in [0.1, 0.15) is 28.8 Å². The maximum Gasteiger partial charge on any atom is 0.319 e. The first-order valence-electron chi connectivity index (χ1n) is 11.4. The SMILES string of the molecule is COCC1CCCN1CCCCNC(=O)Nc1snc(OCc2cc(F)c(C)cc2F)c1C(N)=O. The maximum atomic E-state index is 14.1. The Morgan fingerprint density at radius 2 is 2.09 bits per heavy atom. The molecule has 0 bridgehead atoms. The van der Waals surface area contributed by atoms with Gasteiger partial charge in [0.15, 0.2) is 0 Å². The van der Waals surface area contributed by atoms with E-state index in [0.29, 0.717) is 12.6 Å². The third-order valence-electron chi connectivity index (χ3n) is 5.84. The predicted octanol–water partition coefficient (Wildman–Crippen LogP) is 3.42. The second-order valence-corrected chi connectivity index (χ2v) is 9.19. The van der Waals surface area contributed by atoms with Crippen molar-refractivity contribution in [3.05, 3.63) is 40.5 Å². The van der Waals surface area contributed by atoms with Gasteiger partial charge in [-0.15, -0.1) is 0 Å². The fraction of sp³-hybridized carbons (Fsp3) is 0.522. The van der Waals surface area contributed by atoms with Crippen LogP contribution < -0.4 is 21.1 Å². The van der Waals surface area contributed by atoms with E-state index in [1.54, 1.807) is 7.11 Å². The minimum atomic E-state index is -0.865. The molecular weight excluding hydrogens is 480 g/mol. The van der Waals surface area contributed by atoms with Crippen molar-refractivity contribution >= 4 is 28.5 Å². The first-order valence-corrected chi connectivity index (χ1v) is 12.2. The first-order chi connectivity index (χ1) is 16.8. The van der Waals surface area contributed by atoms with Gasteiger partial charge in [0.05, 0.1) is 6.61 Å². The Morgan fingerprint density at radius 3 is 2.83 bits per heavy atom. The van der Waals surface area contributed by atoms with Crippen LogP contribution in [0.2, 0.25) is 0 Å². The van der Waals surface area contributed by atoms with Crippen LogP contribution in [0.3, 0.4) is 0 Å².